The van der Waals surface area contributed by atoms with E-state index in [1.807, 2.05) is 6.07 Å². The molecule has 0 bridgehead atoms. The van der Waals surface area contributed by atoms with Crippen molar-refractivity contribution in [3.8, 4) is 11.3 Å². The number of anilines is 2. The second-order valence-corrected chi connectivity index (χ2v) is 6.67. The van der Waals surface area contributed by atoms with Crippen LogP contribution in [0.1, 0.15) is 0 Å². The van der Waals surface area contributed by atoms with Gasteiger partial charge in [-0.05, 0) is 7.05 Å². The number of aromatic nitrogens is 2. The first-order chi connectivity index (χ1) is 12.3. The van der Waals surface area contributed by atoms with Crippen molar-refractivity contribution in [2.75, 3.05) is 69.3 Å². The Balaban J connectivity index is 1.69. The summed E-state index contributed by atoms with van der Waals surface area (Å²) >= 11 is 0. The third-order valence-corrected chi connectivity index (χ3v) is 4.89. The third kappa shape index (κ3) is 3.75. The van der Waals surface area contributed by atoms with Crippen molar-refractivity contribution in [1.29, 1.82) is 0 Å². The molecule has 0 radical (unpaired) electrons. The van der Waals surface area contributed by atoms with Gasteiger partial charge in [0.2, 0.25) is 5.95 Å². The number of morpholine rings is 1. The van der Waals surface area contributed by atoms with E-state index in [-0.39, 0.29) is 0 Å². The highest BCUT2D eigenvalue weighted by molar-refractivity contribution is 5.65. The number of hydrogen-bond donors (Lipinski definition) is 0. The first-order valence-corrected chi connectivity index (χ1v) is 9.00. The number of likely N-dealkylation sites (N-methyl/N-ethyl adjacent to an activating group) is 1. The van der Waals surface area contributed by atoms with Gasteiger partial charge in [0.1, 0.15) is 5.82 Å². The van der Waals surface area contributed by atoms with E-state index in [4.69, 9.17) is 14.7 Å². The summed E-state index contributed by atoms with van der Waals surface area (Å²) in [6.45, 7) is 7.32. The maximum atomic E-state index is 5.49. The van der Waals surface area contributed by atoms with Crippen LogP contribution < -0.4 is 9.80 Å². The van der Waals surface area contributed by atoms with Crippen molar-refractivity contribution in [3.05, 3.63) is 36.4 Å². The van der Waals surface area contributed by atoms with Crippen LogP contribution in [0.5, 0.6) is 0 Å². The summed E-state index contributed by atoms with van der Waals surface area (Å²) in [6.07, 6.45) is 0. The molecule has 0 saturated carbocycles. The molecule has 1 aromatic carbocycles. The zero-order valence-electron chi connectivity index (χ0n) is 14.8. The predicted octanol–water partition coefficient (Wildman–Crippen LogP) is 1.73. The summed E-state index contributed by atoms with van der Waals surface area (Å²) in [6, 6.07) is 12.5. The molecule has 2 aromatic rings. The number of hydrogen-bond acceptors (Lipinski definition) is 6. The number of benzene rings is 1. The highest BCUT2D eigenvalue weighted by Crippen LogP contribution is 2.25. The van der Waals surface area contributed by atoms with Gasteiger partial charge in [0.15, 0.2) is 0 Å². The van der Waals surface area contributed by atoms with Gasteiger partial charge in [-0.1, -0.05) is 30.3 Å². The Hall–Kier alpha value is -2.18. The van der Waals surface area contributed by atoms with Crippen LogP contribution in [0.3, 0.4) is 0 Å². The van der Waals surface area contributed by atoms with E-state index < -0.39 is 0 Å². The Morgan fingerprint density at radius 1 is 0.840 bits per heavy atom. The fraction of sp³-hybridized carbons (Fsp3) is 0.474. The van der Waals surface area contributed by atoms with Crippen molar-refractivity contribution in [2.24, 2.45) is 0 Å². The molecule has 25 heavy (non-hydrogen) atoms. The first-order valence-electron chi connectivity index (χ1n) is 9.00. The molecule has 3 heterocycles. The van der Waals surface area contributed by atoms with E-state index in [1.54, 1.807) is 0 Å². The predicted molar refractivity (Wildman–Crippen MR) is 100 cm³/mol. The van der Waals surface area contributed by atoms with Crippen molar-refractivity contribution in [2.45, 2.75) is 0 Å². The summed E-state index contributed by atoms with van der Waals surface area (Å²) in [4.78, 5) is 16.7. The summed E-state index contributed by atoms with van der Waals surface area (Å²) in [7, 11) is 2.16. The van der Waals surface area contributed by atoms with Gasteiger partial charge >= 0.3 is 0 Å². The number of ether oxygens (including phenoxy) is 1. The molecule has 2 aliphatic heterocycles. The summed E-state index contributed by atoms with van der Waals surface area (Å²) < 4.78 is 5.49. The number of piperazine rings is 1. The van der Waals surface area contributed by atoms with Gasteiger partial charge < -0.3 is 19.4 Å². The molecule has 0 spiro atoms. The lowest BCUT2D eigenvalue weighted by atomic mass is 10.1. The quantitative estimate of drug-likeness (QED) is 0.849. The van der Waals surface area contributed by atoms with Crippen LogP contribution in [0.15, 0.2) is 36.4 Å². The molecule has 0 N–H and O–H groups in total. The highest BCUT2D eigenvalue weighted by Gasteiger charge is 2.20. The van der Waals surface area contributed by atoms with Crippen LogP contribution in [0.2, 0.25) is 0 Å². The van der Waals surface area contributed by atoms with E-state index in [1.165, 1.54) is 0 Å². The van der Waals surface area contributed by atoms with E-state index in [0.717, 1.165) is 75.5 Å². The minimum absolute atomic E-state index is 0.758. The minimum atomic E-state index is 0.758. The van der Waals surface area contributed by atoms with Gasteiger partial charge in [-0.2, -0.15) is 4.98 Å². The Kier molecular flexibility index (Phi) is 4.81. The fourth-order valence-corrected chi connectivity index (χ4v) is 3.28. The Labute approximate surface area is 149 Å². The molecule has 1 aromatic heterocycles. The fourth-order valence-electron chi connectivity index (χ4n) is 3.28. The van der Waals surface area contributed by atoms with Crippen LogP contribution in [0, 0.1) is 0 Å². The zero-order chi connectivity index (χ0) is 17.1. The Bertz CT molecular complexity index is 694. The molecule has 2 saturated heterocycles. The molecule has 0 amide bonds. The minimum Gasteiger partial charge on any atom is -0.378 e. The van der Waals surface area contributed by atoms with Crippen LogP contribution >= 0.6 is 0 Å². The topological polar surface area (TPSA) is 44.7 Å². The normalized spacial score (nSPS) is 19.2. The first kappa shape index (κ1) is 16.3. The largest absolute Gasteiger partial charge is 0.378 e. The summed E-state index contributed by atoms with van der Waals surface area (Å²) in [5.41, 5.74) is 2.13. The Morgan fingerprint density at radius 3 is 2.28 bits per heavy atom. The molecular weight excluding hydrogens is 314 g/mol. The van der Waals surface area contributed by atoms with Crippen LogP contribution in [0.25, 0.3) is 11.3 Å². The van der Waals surface area contributed by atoms with Crippen molar-refractivity contribution in [1.82, 2.24) is 14.9 Å². The number of rotatable bonds is 3. The molecule has 0 aliphatic carbocycles. The lowest BCUT2D eigenvalue weighted by molar-refractivity contribution is 0.122. The third-order valence-electron chi connectivity index (χ3n) is 4.89. The van der Waals surface area contributed by atoms with Gasteiger partial charge in [-0.25, -0.2) is 4.98 Å². The molecule has 6 heteroatoms. The molecule has 2 aliphatic rings. The zero-order valence-corrected chi connectivity index (χ0v) is 14.8. The average molecular weight is 339 g/mol. The molecule has 4 rings (SSSR count). The van der Waals surface area contributed by atoms with Gasteiger partial charge in [0.25, 0.3) is 0 Å². The van der Waals surface area contributed by atoms with E-state index >= 15 is 0 Å². The second kappa shape index (κ2) is 7.37. The maximum absolute atomic E-state index is 5.49. The monoisotopic (exact) mass is 339 g/mol. The standard InChI is InChI=1S/C19H25N5O/c1-22-7-9-24(10-8-22)19-20-17(16-5-3-2-4-6-16)15-18(21-19)23-11-13-25-14-12-23/h2-6,15H,7-14H2,1H3. The maximum Gasteiger partial charge on any atom is 0.227 e. The van der Waals surface area contributed by atoms with E-state index in [0.29, 0.717) is 0 Å². The van der Waals surface area contributed by atoms with Gasteiger partial charge in [0.05, 0.1) is 18.9 Å². The number of nitrogens with zero attached hydrogens (tertiary/aromatic N) is 5. The highest BCUT2D eigenvalue weighted by atomic mass is 16.5. The van der Waals surface area contributed by atoms with Crippen molar-refractivity contribution in [3.63, 3.8) is 0 Å². The smallest absolute Gasteiger partial charge is 0.227 e. The SMILES string of the molecule is CN1CCN(c2nc(-c3ccccc3)cc(N3CCOCC3)n2)CC1. The molecule has 2 fully saturated rings. The van der Waals surface area contributed by atoms with Crippen LogP contribution in [0.4, 0.5) is 11.8 Å². The molecule has 0 atom stereocenters. The van der Waals surface area contributed by atoms with Gasteiger partial charge in [0, 0.05) is 50.9 Å². The summed E-state index contributed by atoms with van der Waals surface area (Å²) in [5.74, 6) is 1.85. The lowest BCUT2D eigenvalue weighted by Crippen LogP contribution is -2.45. The van der Waals surface area contributed by atoms with Gasteiger partial charge in [-0.3, -0.25) is 0 Å². The van der Waals surface area contributed by atoms with Crippen molar-refractivity contribution >= 4 is 11.8 Å². The van der Waals surface area contributed by atoms with Crippen molar-refractivity contribution < 1.29 is 4.74 Å². The average Bonchev–Trinajstić information content (AvgIpc) is 2.69. The second-order valence-electron chi connectivity index (χ2n) is 6.67. The lowest BCUT2D eigenvalue weighted by Gasteiger charge is -2.34. The molecule has 0 unspecified atom stereocenters. The molecule has 132 valence electrons. The van der Waals surface area contributed by atoms with Crippen LogP contribution in [-0.4, -0.2) is 74.4 Å². The molecular formula is C19H25N5O. The van der Waals surface area contributed by atoms with E-state index in [2.05, 4.69) is 52.1 Å². The summed E-state index contributed by atoms with van der Waals surface area (Å²) in [5, 5.41) is 0. The Morgan fingerprint density at radius 2 is 1.56 bits per heavy atom. The molecule has 6 nitrogen and oxygen atoms in total. The van der Waals surface area contributed by atoms with Gasteiger partial charge in [-0.15, -0.1) is 0 Å². The van der Waals surface area contributed by atoms with Crippen LogP contribution in [-0.2, 0) is 4.74 Å². The van der Waals surface area contributed by atoms with E-state index in [9.17, 15) is 0 Å².